The molecule has 1 saturated heterocycles. The van der Waals surface area contributed by atoms with Gasteiger partial charge in [-0.25, -0.2) is 13.4 Å². The van der Waals surface area contributed by atoms with Crippen molar-refractivity contribution < 1.29 is 22.7 Å². The lowest BCUT2D eigenvalue weighted by Gasteiger charge is -2.30. The molecule has 2 heterocycles. The average Bonchev–Trinajstić information content (AvgIpc) is 3.15. The maximum absolute atomic E-state index is 12.9. The van der Waals surface area contributed by atoms with Crippen molar-refractivity contribution in [1.29, 1.82) is 0 Å². The van der Waals surface area contributed by atoms with Gasteiger partial charge in [-0.1, -0.05) is 23.5 Å². The molecule has 7 nitrogen and oxygen atoms in total. The number of carbonyl (C=O) groups is 1. The van der Waals surface area contributed by atoms with Gasteiger partial charge < -0.3 is 9.47 Å². The number of benzene rings is 2. The van der Waals surface area contributed by atoms with E-state index >= 15 is 0 Å². The lowest BCUT2D eigenvalue weighted by molar-refractivity contribution is 0.101. The highest BCUT2D eigenvalue weighted by Gasteiger charge is 2.30. The number of carbonyl (C=O) groups excluding carboxylic acids is 1. The van der Waals surface area contributed by atoms with Gasteiger partial charge in [0.05, 0.1) is 22.2 Å². The number of hydrogen-bond acceptors (Lipinski definition) is 7. The second-order valence-electron chi connectivity index (χ2n) is 7.12. The Morgan fingerprint density at radius 1 is 1.13 bits per heavy atom. The topological polar surface area (TPSA) is 85.8 Å². The Hall–Kier alpha value is -2.49. The molecular formula is C21H22N2O5S2. The van der Waals surface area contributed by atoms with Crippen molar-refractivity contribution in [3.05, 3.63) is 48.0 Å². The molecule has 1 aromatic heterocycles. The van der Waals surface area contributed by atoms with Crippen molar-refractivity contribution >= 4 is 37.4 Å². The summed E-state index contributed by atoms with van der Waals surface area (Å²) >= 11 is 1.47. The minimum Gasteiger partial charge on any atom is -0.497 e. The van der Waals surface area contributed by atoms with E-state index in [-0.39, 0.29) is 16.8 Å². The molecule has 1 aliphatic rings. The fourth-order valence-electron chi connectivity index (χ4n) is 3.41. The molecule has 0 radical (unpaired) electrons. The van der Waals surface area contributed by atoms with E-state index in [1.54, 1.807) is 19.2 Å². The SMILES string of the molecule is COc1ccc2sc(OC3CCN(S(=O)(=O)c4ccc(C(C)=O)cc4)CC3)nc2c1. The van der Waals surface area contributed by atoms with Crippen LogP contribution in [-0.4, -0.2) is 49.8 Å². The first-order valence-electron chi connectivity index (χ1n) is 9.59. The summed E-state index contributed by atoms with van der Waals surface area (Å²) in [6.07, 6.45) is 1.09. The van der Waals surface area contributed by atoms with Crippen molar-refractivity contribution in [3.63, 3.8) is 0 Å². The maximum Gasteiger partial charge on any atom is 0.274 e. The zero-order valence-electron chi connectivity index (χ0n) is 16.7. The summed E-state index contributed by atoms with van der Waals surface area (Å²) in [7, 11) is -1.97. The van der Waals surface area contributed by atoms with Gasteiger partial charge >= 0.3 is 0 Å². The van der Waals surface area contributed by atoms with Gasteiger partial charge in [0.1, 0.15) is 11.9 Å². The number of Topliss-reactive ketones (excluding diaryl/α,β-unsaturated/α-hetero) is 1. The molecule has 30 heavy (non-hydrogen) atoms. The molecule has 0 aliphatic carbocycles. The van der Waals surface area contributed by atoms with Crippen molar-refractivity contribution in [3.8, 4) is 10.9 Å². The van der Waals surface area contributed by atoms with Crippen molar-refractivity contribution in [2.75, 3.05) is 20.2 Å². The van der Waals surface area contributed by atoms with Crippen LogP contribution in [0.4, 0.5) is 0 Å². The van der Waals surface area contributed by atoms with Crippen LogP contribution >= 0.6 is 11.3 Å². The van der Waals surface area contributed by atoms with Crippen LogP contribution in [0.3, 0.4) is 0 Å². The van der Waals surface area contributed by atoms with E-state index in [2.05, 4.69) is 4.98 Å². The number of piperidine rings is 1. The molecule has 4 rings (SSSR count). The van der Waals surface area contributed by atoms with Gasteiger partial charge in [0.15, 0.2) is 5.78 Å². The van der Waals surface area contributed by atoms with Crippen molar-refractivity contribution in [2.45, 2.75) is 30.8 Å². The van der Waals surface area contributed by atoms with Crippen molar-refractivity contribution in [1.82, 2.24) is 9.29 Å². The van der Waals surface area contributed by atoms with Crippen molar-refractivity contribution in [2.24, 2.45) is 0 Å². The summed E-state index contributed by atoms with van der Waals surface area (Å²) in [6.45, 7) is 2.20. The molecular weight excluding hydrogens is 424 g/mol. The minimum atomic E-state index is -3.59. The standard InChI is InChI=1S/C21H22N2O5S2/c1-14(24)15-3-6-18(7-4-15)30(25,26)23-11-9-16(10-12-23)28-21-22-19-13-17(27-2)5-8-20(19)29-21/h3-8,13,16H,9-12H2,1-2H3. The number of sulfonamides is 1. The molecule has 0 bridgehead atoms. The van der Waals surface area contributed by atoms with Crippen LogP contribution < -0.4 is 9.47 Å². The molecule has 0 amide bonds. The Bertz CT molecular complexity index is 1160. The predicted molar refractivity (Wildman–Crippen MR) is 115 cm³/mol. The monoisotopic (exact) mass is 446 g/mol. The van der Waals surface area contributed by atoms with E-state index in [9.17, 15) is 13.2 Å². The molecule has 0 unspecified atom stereocenters. The number of aromatic nitrogens is 1. The number of nitrogens with zero attached hydrogens (tertiary/aromatic N) is 2. The molecule has 0 saturated carbocycles. The van der Waals surface area contributed by atoms with Gasteiger partial charge in [-0.05, 0) is 44.0 Å². The number of thiazole rings is 1. The second-order valence-corrected chi connectivity index (χ2v) is 10.0. The summed E-state index contributed by atoms with van der Waals surface area (Å²) in [5.41, 5.74) is 1.32. The summed E-state index contributed by atoms with van der Waals surface area (Å²) in [5.74, 6) is 0.652. The predicted octanol–water partition coefficient (Wildman–Crippen LogP) is 3.74. The fourth-order valence-corrected chi connectivity index (χ4v) is 5.74. The molecule has 0 atom stereocenters. The summed E-state index contributed by atoms with van der Waals surface area (Å²) in [4.78, 5) is 16.1. The molecule has 0 N–H and O–H groups in total. The zero-order valence-corrected chi connectivity index (χ0v) is 18.3. The summed E-state index contributed by atoms with van der Waals surface area (Å²) in [6, 6.07) is 11.8. The Kier molecular flexibility index (Phi) is 5.77. The van der Waals surface area contributed by atoms with Crippen LogP contribution in [0.5, 0.6) is 10.9 Å². The normalized spacial score (nSPS) is 15.9. The number of rotatable bonds is 6. The average molecular weight is 447 g/mol. The quantitative estimate of drug-likeness (QED) is 0.536. The lowest BCUT2D eigenvalue weighted by Crippen LogP contribution is -2.41. The van der Waals surface area contributed by atoms with Crippen LogP contribution in [0.25, 0.3) is 10.2 Å². The maximum atomic E-state index is 12.9. The van der Waals surface area contributed by atoms with Gasteiger partial charge in [0, 0.05) is 24.7 Å². The molecule has 2 aromatic carbocycles. The van der Waals surface area contributed by atoms with Gasteiger partial charge in [0.2, 0.25) is 10.0 Å². The number of hydrogen-bond donors (Lipinski definition) is 0. The number of ketones is 1. The van der Waals surface area contributed by atoms with Gasteiger partial charge in [0.25, 0.3) is 5.19 Å². The molecule has 3 aromatic rings. The zero-order chi connectivity index (χ0) is 21.3. The highest BCUT2D eigenvalue weighted by molar-refractivity contribution is 7.89. The van der Waals surface area contributed by atoms with E-state index in [0.29, 0.717) is 36.7 Å². The molecule has 158 valence electrons. The highest BCUT2D eigenvalue weighted by atomic mass is 32.2. The van der Waals surface area contributed by atoms with E-state index in [0.717, 1.165) is 16.0 Å². The molecule has 0 spiro atoms. The first-order valence-corrected chi connectivity index (χ1v) is 11.8. The molecule has 1 fully saturated rings. The van der Waals surface area contributed by atoms with Crippen LogP contribution in [0.15, 0.2) is 47.4 Å². The minimum absolute atomic E-state index is 0.0843. The van der Waals surface area contributed by atoms with E-state index < -0.39 is 10.0 Å². The van der Waals surface area contributed by atoms with E-state index in [4.69, 9.17) is 9.47 Å². The Morgan fingerprint density at radius 3 is 2.47 bits per heavy atom. The van der Waals surface area contributed by atoms with Gasteiger partial charge in [-0.3, -0.25) is 4.79 Å². The molecule has 9 heteroatoms. The summed E-state index contributed by atoms with van der Waals surface area (Å²) < 4.78 is 39.5. The molecule has 1 aliphatic heterocycles. The second kappa shape index (κ2) is 8.33. The Balaban J connectivity index is 1.40. The number of fused-ring (bicyclic) bond motifs is 1. The number of ether oxygens (including phenoxy) is 2. The summed E-state index contributed by atoms with van der Waals surface area (Å²) in [5, 5.41) is 0.583. The third-order valence-corrected chi connectivity index (χ3v) is 7.98. The van der Waals surface area contributed by atoms with Crippen LogP contribution in [0.2, 0.25) is 0 Å². The first-order chi connectivity index (χ1) is 14.4. The third kappa shape index (κ3) is 4.19. The largest absolute Gasteiger partial charge is 0.497 e. The van der Waals surface area contributed by atoms with Crippen LogP contribution in [0, 0.1) is 0 Å². The smallest absolute Gasteiger partial charge is 0.274 e. The Morgan fingerprint density at radius 2 is 1.83 bits per heavy atom. The lowest BCUT2D eigenvalue weighted by atomic mass is 10.1. The van der Waals surface area contributed by atoms with Crippen LogP contribution in [-0.2, 0) is 10.0 Å². The Labute approximate surface area is 179 Å². The first kappa shape index (κ1) is 20.8. The van der Waals surface area contributed by atoms with Gasteiger partial charge in [-0.2, -0.15) is 4.31 Å². The highest BCUT2D eigenvalue weighted by Crippen LogP contribution is 2.32. The number of methoxy groups -OCH3 is 1. The fraction of sp³-hybridized carbons (Fsp3) is 0.333. The van der Waals surface area contributed by atoms with E-state index in [1.165, 1.54) is 34.7 Å². The van der Waals surface area contributed by atoms with Crippen LogP contribution in [0.1, 0.15) is 30.1 Å². The van der Waals surface area contributed by atoms with E-state index in [1.807, 2.05) is 18.2 Å². The van der Waals surface area contributed by atoms with Gasteiger partial charge in [-0.15, -0.1) is 0 Å². The third-order valence-electron chi connectivity index (χ3n) is 5.14.